The summed E-state index contributed by atoms with van der Waals surface area (Å²) < 4.78 is 0. The lowest BCUT2D eigenvalue weighted by Gasteiger charge is -2.06. The van der Waals surface area contributed by atoms with Crippen molar-refractivity contribution in [2.45, 2.75) is 0 Å². The fourth-order valence-electron chi connectivity index (χ4n) is 1.44. The molecule has 0 aromatic heterocycles. The molecule has 0 spiro atoms. The molecule has 0 saturated carbocycles. The van der Waals surface area contributed by atoms with Gasteiger partial charge in [-0.2, -0.15) is 0 Å². The summed E-state index contributed by atoms with van der Waals surface area (Å²) in [5, 5.41) is 11.0. The predicted molar refractivity (Wildman–Crippen MR) is 54.4 cm³/mol. The van der Waals surface area contributed by atoms with E-state index in [1.165, 1.54) is 0 Å². The van der Waals surface area contributed by atoms with Crippen LogP contribution in [0.15, 0.2) is 30.3 Å². The Kier molecular flexibility index (Phi) is 1.52. The van der Waals surface area contributed by atoms with E-state index in [1.54, 1.807) is 18.2 Å². The minimum absolute atomic E-state index is 0.169. The maximum atomic E-state index is 9.54. The van der Waals surface area contributed by atoms with Crippen LogP contribution in [0.3, 0.4) is 0 Å². The van der Waals surface area contributed by atoms with Crippen LogP contribution in [-0.4, -0.2) is 5.11 Å². The van der Waals surface area contributed by atoms with E-state index in [0.717, 1.165) is 5.39 Å². The number of anilines is 2. The Morgan fingerprint density at radius 2 is 1.69 bits per heavy atom. The van der Waals surface area contributed by atoms with Gasteiger partial charge in [0.15, 0.2) is 0 Å². The first-order chi connectivity index (χ1) is 6.20. The maximum Gasteiger partial charge on any atom is 0.125 e. The average Bonchev–Trinajstić information content (AvgIpc) is 2.12. The van der Waals surface area contributed by atoms with Gasteiger partial charge in [-0.15, -0.1) is 0 Å². The molecule has 3 nitrogen and oxygen atoms in total. The molecule has 2 aromatic carbocycles. The zero-order valence-corrected chi connectivity index (χ0v) is 6.99. The molecule has 0 bridgehead atoms. The lowest BCUT2D eigenvalue weighted by Crippen LogP contribution is -1.91. The van der Waals surface area contributed by atoms with Crippen LogP contribution in [0, 0.1) is 0 Å². The molecule has 2 rings (SSSR count). The van der Waals surface area contributed by atoms with E-state index in [-0.39, 0.29) is 5.75 Å². The van der Waals surface area contributed by atoms with Gasteiger partial charge in [-0.25, -0.2) is 0 Å². The third-order valence-corrected chi connectivity index (χ3v) is 2.08. The summed E-state index contributed by atoms with van der Waals surface area (Å²) in [7, 11) is 0. The van der Waals surface area contributed by atoms with Gasteiger partial charge in [0.1, 0.15) is 5.75 Å². The van der Waals surface area contributed by atoms with Crippen molar-refractivity contribution in [2.75, 3.05) is 11.5 Å². The Balaban J connectivity index is 3.00. The molecule has 0 radical (unpaired) electrons. The van der Waals surface area contributed by atoms with Crippen LogP contribution in [-0.2, 0) is 0 Å². The zero-order chi connectivity index (χ0) is 9.42. The van der Waals surface area contributed by atoms with E-state index in [1.807, 2.05) is 12.1 Å². The molecule has 0 aliphatic carbocycles. The molecule has 13 heavy (non-hydrogen) atoms. The Labute approximate surface area is 75.6 Å². The molecule has 0 atom stereocenters. The normalized spacial score (nSPS) is 10.5. The molecule has 2 aromatic rings. The first kappa shape index (κ1) is 7.73. The highest BCUT2D eigenvalue weighted by molar-refractivity contribution is 6.03. The number of nitrogens with two attached hydrogens (primary N) is 2. The highest BCUT2D eigenvalue weighted by atomic mass is 16.3. The second-order valence-corrected chi connectivity index (χ2v) is 2.94. The highest BCUT2D eigenvalue weighted by Gasteiger charge is 2.04. The van der Waals surface area contributed by atoms with Crippen molar-refractivity contribution in [3.05, 3.63) is 30.3 Å². The van der Waals surface area contributed by atoms with Crippen LogP contribution in [0.25, 0.3) is 10.8 Å². The van der Waals surface area contributed by atoms with Crippen LogP contribution >= 0.6 is 0 Å². The van der Waals surface area contributed by atoms with Gasteiger partial charge in [0.05, 0.1) is 0 Å². The number of phenols is 1. The van der Waals surface area contributed by atoms with Gasteiger partial charge in [-0.05, 0) is 18.2 Å². The van der Waals surface area contributed by atoms with E-state index in [9.17, 15) is 5.11 Å². The topological polar surface area (TPSA) is 72.3 Å². The molecule has 3 heteroatoms. The molecule has 0 fully saturated rings. The van der Waals surface area contributed by atoms with E-state index in [4.69, 9.17) is 11.5 Å². The van der Waals surface area contributed by atoms with Crippen molar-refractivity contribution < 1.29 is 5.11 Å². The van der Waals surface area contributed by atoms with Crippen molar-refractivity contribution >= 4 is 22.1 Å². The molecule has 5 N–H and O–H groups in total. The molecule has 66 valence electrons. The van der Waals surface area contributed by atoms with Gasteiger partial charge in [0.2, 0.25) is 0 Å². The Bertz CT molecular complexity index is 457. The number of aromatic hydroxyl groups is 1. The Morgan fingerprint density at radius 3 is 2.38 bits per heavy atom. The summed E-state index contributed by atoms with van der Waals surface area (Å²) in [5.41, 5.74) is 12.6. The summed E-state index contributed by atoms with van der Waals surface area (Å²) in [6, 6.07) is 8.60. The standard InChI is InChI=1S/C10H10N2O/c11-7-4-5-9(13)10-6(7)2-1-3-8(10)12/h1-5,13H,11-12H2. The van der Waals surface area contributed by atoms with Crippen LogP contribution < -0.4 is 11.5 Å². The summed E-state index contributed by atoms with van der Waals surface area (Å²) >= 11 is 0. The Hall–Kier alpha value is -1.90. The molecular formula is C10H10N2O. The smallest absolute Gasteiger partial charge is 0.125 e. The number of fused-ring (bicyclic) bond motifs is 1. The van der Waals surface area contributed by atoms with Crippen LogP contribution in [0.2, 0.25) is 0 Å². The fraction of sp³-hybridized carbons (Fsp3) is 0. The number of nitrogen functional groups attached to an aromatic ring is 2. The summed E-state index contributed by atoms with van der Waals surface area (Å²) in [6.45, 7) is 0. The van der Waals surface area contributed by atoms with Gasteiger partial charge in [-0.1, -0.05) is 12.1 Å². The Morgan fingerprint density at radius 1 is 0.923 bits per heavy atom. The van der Waals surface area contributed by atoms with Crippen LogP contribution in [0.4, 0.5) is 11.4 Å². The lowest BCUT2D eigenvalue weighted by molar-refractivity contribution is 0.482. The zero-order valence-electron chi connectivity index (χ0n) is 6.99. The van der Waals surface area contributed by atoms with Crippen molar-refractivity contribution in [1.29, 1.82) is 0 Å². The summed E-state index contributed by atoms with van der Waals surface area (Å²) in [4.78, 5) is 0. The van der Waals surface area contributed by atoms with Crippen molar-refractivity contribution in [1.82, 2.24) is 0 Å². The van der Waals surface area contributed by atoms with Gasteiger partial charge in [-0.3, -0.25) is 0 Å². The highest BCUT2D eigenvalue weighted by Crippen LogP contribution is 2.33. The first-order valence-electron chi connectivity index (χ1n) is 3.96. The minimum atomic E-state index is 0.169. The number of benzene rings is 2. The van der Waals surface area contributed by atoms with Gasteiger partial charge in [0, 0.05) is 22.1 Å². The number of hydrogen-bond donors (Lipinski definition) is 3. The monoisotopic (exact) mass is 174 g/mol. The van der Waals surface area contributed by atoms with Gasteiger partial charge >= 0.3 is 0 Å². The quantitative estimate of drug-likeness (QED) is 0.420. The van der Waals surface area contributed by atoms with Crippen molar-refractivity contribution in [3.63, 3.8) is 0 Å². The van der Waals surface area contributed by atoms with Gasteiger partial charge in [0.25, 0.3) is 0 Å². The predicted octanol–water partition coefficient (Wildman–Crippen LogP) is 1.71. The fourth-order valence-corrected chi connectivity index (χ4v) is 1.44. The molecule has 0 aliphatic heterocycles. The second-order valence-electron chi connectivity index (χ2n) is 2.94. The van der Waals surface area contributed by atoms with Crippen LogP contribution in [0.1, 0.15) is 0 Å². The molecule has 0 saturated heterocycles. The first-order valence-corrected chi connectivity index (χ1v) is 3.96. The SMILES string of the molecule is Nc1ccc(O)c2c(N)cccc12. The summed E-state index contributed by atoms with van der Waals surface area (Å²) in [6.07, 6.45) is 0. The molecule has 0 unspecified atom stereocenters. The van der Waals surface area contributed by atoms with Crippen molar-refractivity contribution in [3.8, 4) is 5.75 Å². The molecular weight excluding hydrogens is 164 g/mol. The molecule has 0 aliphatic rings. The molecule has 0 amide bonds. The van der Waals surface area contributed by atoms with Crippen molar-refractivity contribution in [2.24, 2.45) is 0 Å². The molecule has 0 heterocycles. The van der Waals surface area contributed by atoms with Crippen LogP contribution in [0.5, 0.6) is 5.75 Å². The van der Waals surface area contributed by atoms with E-state index < -0.39 is 0 Å². The van der Waals surface area contributed by atoms with E-state index in [0.29, 0.717) is 16.8 Å². The largest absolute Gasteiger partial charge is 0.507 e. The van der Waals surface area contributed by atoms with Gasteiger partial charge < -0.3 is 16.6 Å². The lowest BCUT2D eigenvalue weighted by atomic mass is 10.1. The average molecular weight is 174 g/mol. The number of hydrogen-bond acceptors (Lipinski definition) is 3. The third-order valence-electron chi connectivity index (χ3n) is 2.08. The minimum Gasteiger partial charge on any atom is -0.507 e. The number of phenolic OH excluding ortho intramolecular Hbond substituents is 1. The maximum absolute atomic E-state index is 9.54. The second kappa shape index (κ2) is 2.55. The van der Waals surface area contributed by atoms with E-state index in [2.05, 4.69) is 0 Å². The van der Waals surface area contributed by atoms with E-state index >= 15 is 0 Å². The summed E-state index contributed by atoms with van der Waals surface area (Å²) in [5.74, 6) is 0.169. The third kappa shape index (κ3) is 1.05. The number of rotatable bonds is 0.